The monoisotopic (exact) mass is 529 g/mol. The van der Waals surface area contributed by atoms with Gasteiger partial charge in [0.2, 0.25) is 0 Å². The molecular weight excluding hydrogens is 489 g/mol. The number of benzene rings is 1. The van der Waals surface area contributed by atoms with Gasteiger partial charge in [-0.2, -0.15) is 0 Å². The Kier molecular flexibility index (Phi) is 11.4. The molecule has 30 heavy (non-hydrogen) atoms. The number of likely N-dealkylation sites (tertiary alicyclic amines) is 1. The number of morpholine rings is 1. The summed E-state index contributed by atoms with van der Waals surface area (Å²) in [5.41, 5.74) is 2.66. The lowest BCUT2D eigenvalue weighted by Gasteiger charge is -2.36. The molecule has 2 fully saturated rings. The molecule has 2 aliphatic rings. The zero-order valence-corrected chi connectivity index (χ0v) is 21.2. The fraction of sp³-hybridized carbons (Fsp3) is 0.696. The van der Waals surface area contributed by atoms with Crippen LogP contribution < -0.4 is 10.6 Å². The van der Waals surface area contributed by atoms with Crippen molar-refractivity contribution in [2.75, 3.05) is 59.5 Å². The van der Waals surface area contributed by atoms with Crippen LogP contribution in [0.15, 0.2) is 29.3 Å². The van der Waals surface area contributed by atoms with E-state index >= 15 is 0 Å². The van der Waals surface area contributed by atoms with Crippen molar-refractivity contribution in [3.8, 4) is 0 Å². The molecule has 0 aliphatic carbocycles. The Bertz CT molecular complexity index is 625. The highest BCUT2D eigenvalue weighted by Gasteiger charge is 2.24. The maximum absolute atomic E-state index is 5.58. The third-order valence-electron chi connectivity index (χ3n) is 6.10. The van der Waals surface area contributed by atoms with Gasteiger partial charge in [-0.25, -0.2) is 0 Å². The van der Waals surface area contributed by atoms with Gasteiger partial charge in [-0.1, -0.05) is 36.8 Å². The third kappa shape index (κ3) is 7.66. The maximum Gasteiger partial charge on any atom is 0.191 e. The predicted molar refractivity (Wildman–Crippen MR) is 136 cm³/mol. The van der Waals surface area contributed by atoms with Crippen molar-refractivity contribution in [3.63, 3.8) is 0 Å². The van der Waals surface area contributed by atoms with Crippen LogP contribution in [0.25, 0.3) is 0 Å². The number of guanidine groups is 1. The number of aliphatic imine (C=N–C) groups is 1. The molecule has 2 saturated heterocycles. The van der Waals surface area contributed by atoms with Gasteiger partial charge in [0, 0.05) is 45.8 Å². The van der Waals surface area contributed by atoms with Crippen LogP contribution in [0.3, 0.4) is 0 Å². The molecule has 1 aromatic rings. The van der Waals surface area contributed by atoms with Gasteiger partial charge < -0.3 is 20.3 Å². The minimum absolute atomic E-state index is 0. The lowest BCUT2D eigenvalue weighted by atomic mass is 10.0. The van der Waals surface area contributed by atoms with Crippen LogP contribution in [0.2, 0.25) is 0 Å². The molecule has 0 amide bonds. The zero-order valence-electron chi connectivity index (χ0n) is 18.9. The first kappa shape index (κ1) is 25.4. The Labute approximate surface area is 199 Å². The first-order valence-corrected chi connectivity index (χ1v) is 11.3. The molecule has 2 aliphatic heterocycles. The molecule has 2 N–H and O–H groups in total. The molecular formula is C23H40IN5O. The van der Waals surface area contributed by atoms with Crippen LogP contribution >= 0.6 is 24.0 Å². The number of nitrogens with zero attached hydrogens (tertiary/aromatic N) is 3. The molecule has 0 spiro atoms. The van der Waals surface area contributed by atoms with Crippen molar-refractivity contribution >= 4 is 29.9 Å². The van der Waals surface area contributed by atoms with E-state index in [1.54, 1.807) is 0 Å². The van der Waals surface area contributed by atoms with Crippen molar-refractivity contribution in [1.82, 2.24) is 20.4 Å². The molecule has 7 heteroatoms. The summed E-state index contributed by atoms with van der Waals surface area (Å²) >= 11 is 0. The van der Waals surface area contributed by atoms with Crippen LogP contribution in [-0.2, 0) is 4.74 Å². The van der Waals surface area contributed by atoms with Crippen LogP contribution in [0, 0.1) is 6.92 Å². The third-order valence-corrected chi connectivity index (χ3v) is 6.10. The molecule has 0 aromatic heterocycles. The van der Waals surface area contributed by atoms with E-state index in [4.69, 9.17) is 4.74 Å². The smallest absolute Gasteiger partial charge is 0.191 e. The summed E-state index contributed by atoms with van der Waals surface area (Å²) < 4.78 is 5.58. The first-order valence-electron chi connectivity index (χ1n) is 11.3. The van der Waals surface area contributed by atoms with Gasteiger partial charge >= 0.3 is 0 Å². The number of piperidine rings is 1. The Morgan fingerprint density at radius 3 is 2.40 bits per heavy atom. The number of rotatable bonds is 7. The lowest BCUT2D eigenvalue weighted by molar-refractivity contribution is 0.0170. The van der Waals surface area contributed by atoms with Crippen LogP contribution in [-0.4, -0.2) is 81.3 Å². The number of hydrogen-bond donors (Lipinski definition) is 2. The van der Waals surface area contributed by atoms with Crippen molar-refractivity contribution in [2.24, 2.45) is 4.99 Å². The second-order valence-corrected chi connectivity index (χ2v) is 8.29. The van der Waals surface area contributed by atoms with Crippen molar-refractivity contribution in [2.45, 2.75) is 45.2 Å². The van der Waals surface area contributed by atoms with E-state index in [2.05, 4.69) is 63.5 Å². The Morgan fingerprint density at radius 2 is 1.80 bits per heavy atom. The highest BCUT2D eigenvalue weighted by atomic mass is 127. The standard InChI is InChI=1S/C23H39N5O.HI/c1-4-11-27-12-9-21(10-13-27)26-23(24-3)25-18-22(28-14-16-29-17-15-28)20-7-5-19(2)6-8-20;/h5-8,21-22H,4,9-18H2,1-3H3,(H2,24,25,26);1H. The van der Waals surface area contributed by atoms with Crippen LogP contribution in [0.5, 0.6) is 0 Å². The first-order chi connectivity index (χ1) is 14.2. The van der Waals surface area contributed by atoms with E-state index in [1.807, 2.05) is 7.05 Å². The van der Waals surface area contributed by atoms with Gasteiger partial charge in [-0.3, -0.25) is 9.89 Å². The number of aryl methyl sites for hydroxylation is 1. The normalized spacial score (nSPS) is 20.4. The zero-order chi connectivity index (χ0) is 20.5. The number of nitrogens with one attached hydrogen (secondary N) is 2. The summed E-state index contributed by atoms with van der Waals surface area (Å²) in [4.78, 5) is 9.60. The van der Waals surface area contributed by atoms with E-state index in [9.17, 15) is 0 Å². The van der Waals surface area contributed by atoms with Crippen LogP contribution in [0.4, 0.5) is 0 Å². The van der Waals surface area contributed by atoms with E-state index < -0.39 is 0 Å². The second-order valence-electron chi connectivity index (χ2n) is 8.29. The molecule has 1 unspecified atom stereocenters. The summed E-state index contributed by atoms with van der Waals surface area (Å²) in [6, 6.07) is 9.77. The quantitative estimate of drug-likeness (QED) is 0.323. The largest absolute Gasteiger partial charge is 0.379 e. The van der Waals surface area contributed by atoms with Gasteiger partial charge in [0.25, 0.3) is 0 Å². The number of ether oxygens (including phenoxy) is 1. The fourth-order valence-corrected chi connectivity index (χ4v) is 4.33. The van der Waals surface area contributed by atoms with Gasteiger partial charge in [0.05, 0.1) is 19.3 Å². The molecule has 6 nitrogen and oxygen atoms in total. The van der Waals surface area contributed by atoms with Crippen molar-refractivity contribution in [1.29, 1.82) is 0 Å². The predicted octanol–water partition coefficient (Wildman–Crippen LogP) is 3.03. The summed E-state index contributed by atoms with van der Waals surface area (Å²) in [5.74, 6) is 0.921. The summed E-state index contributed by atoms with van der Waals surface area (Å²) in [5, 5.41) is 7.26. The van der Waals surface area contributed by atoms with E-state index in [1.165, 1.54) is 50.0 Å². The van der Waals surface area contributed by atoms with E-state index in [0.29, 0.717) is 12.1 Å². The lowest BCUT2D eigenvalue weighted by Crippen LogP contribution is -2.51. The van der Waals surface area contributed by atoms with Gasteiger partial charge in [0.15, 0.2) is 5.96 Å². The topological polar surface area (TPSA) is 52.1 Å². The molecule has 3 rings (SSSR count). The number of hydrogen-bond acceptors (Lipinski definition) is 4. The molecule has 170 valence electrons. The van der Waals surface area contributed by atoms with Gasteiger partial charge in [-0.15, -0.1) is 24.0 Å². The molecule has 0 radical (unpaired) electrons. The summed E-state index contributed by atoms with van der Waals surface area (Å²) in [6.07, 6.45) is 3.61. The highest BCUT2D eigenvalue weighted by Crippen LogP contribution is 2.22. The average molecular weight is 530 g/mol. The number of halogens is 1. The van der Waals surface area contributed by atoms with E-state index in [0.717, 1.165) is 38.8 Å². The maximum atomic E-state index is 5.58. The minimum atomic E-state index is 0. The average Bonchev–Trinajstić information content (AvgIpc) is 2.76. The Hall–Kier alpha value is -0.900. The molecule has 2 heterocycles. The van der Waals surface area contributed by atoms with Crippen molar-refractivity contribution < 1.29 is 4.74 Å². The fourth-order valence-electron chi connectivity index (χ4n) is 4.33. The highest BCUT2D eigenvalue weighted by molar-refractivity contribution is 14.0. The van der Waals surface area contributed by atoms with Gasteiger partial charge in [-0.05, 0) is 38.3 Å². The minimum Gasteiger partial charge on any atom is -0.379 e. The summed E-state index contributed by atoms with van der Waals surface area (Å²) in [6.45, 7) is 12.4. The Morgan fingerprint density at radius 1 is 1.13 bits per heavy atom. The summed E-state index contributed by atoms with van der Waals surface area (Å²) in [7, 11) is 1.87. The Balaban J connectivity index is 0.00000320. The van der Waals surface area contributed by atoms with Crippen molar-refractivity contribution in [3.05, 3.63) is 35.4 Å². The molecule has 0 saturated carbocycles. The molecule has 1 atom stereocenters. The van der Waals surface area contributed by atoms with Crippen LogP contribution in [0.1, 0.15) is 43.4 Å². The van der Waals surface area contributed by atoms with E-state index in [-0.39, 0.29) is 24.0 Å². The molecule has 1 aromatic carbocycles. The molecule has 0 bridgehead atoms. The second kappa shape index (κ2) is 13.5. The SMILES string of the molecule is CCCN1CCC(NC(=NC)NCC(c2ccc(C)cc2)N2CCOCC2)CC1.I. The van der Waals surface area contributed by atoms with Gasteiger partial charge in [0.1, 0.15) is 0 Å².